The Kier molecular flexibility index (Phi) is 7.89. The molecular formula is C25H28N2O4S. The third-order valence-electron chi connectivity index (χ3n) is 4.94. The number of anilines is 2. The summed E-state index contributed by atoms with van der Waals surface area (Å²) in [7, 11) is -3.44. The molecule has 3 aromatic carbocycles. The summed E-state index contributed by atoms with van der Waals surface area (Å²) in [5, 5.41) is 2.84. The van der Waals surface area contributed by atoms with E-state index in [1.54, 1.807) is 24.3 Å². The number of amides is 1. The molecule has 1 N–H and O–H groups in total. The zero-order valence-electron chi connectivity index (χ0n) is 18.3. The van der Waals surface area contributed by atoms with Crippen LogP contribution in [0.3, 0.4) is 0 Å². The first-order valence-electron chi connectivity index (χ1n) is 10.4. The summed E-state index contributed by atoms with van der Waals surface area (Å²) in [5.74, 6) is 0.551. The van der Waals surface area contributed by atoms with Crippen molar-refractivity contribution in [3.63, 3.8) is 0 Å². The van der Waals surface area contributed by atoms with Gasteiger partial charge in [-0.1, -0.05) is 48.5 Å². The summed E-state index contributed by atoms with van der Waals surface area (Å²) in [6.45, 7) is 2.58. The van der Waals surface area contributed by atoms with Gasteiger partial charge >= 0.3 is 0 Å². The fraction of sp³-hybridized carbons (Fsp3) is 0.240. The molecule has 0 saturated heterocycles. The van der Waals surface area contributed by atoms with E-state index < -0.39 is 10.0 Å². The van der Waals surface area contributed by atoms with E-state index in [4.69, 9.17) is 4.74 Å². The predicted molar refractivity (Wildman–Crippen MR) is 128 cm³/mol. The molecule has 0 fully saturated rings. The van der Waals surface area contributed by atoms with Gasteiger partial charge in [-0.15, -0.1) is 0 Å². The minimum absolute atomic E-state index is 0.166. The van der Waals surface area contributed by atoms with Crippen LogP contribution in [0.4, 0.5) is 11.4 Å². The fourth-order valence-corrected chi connectivity index (χ4v) is 4.31. The quantitative estimate of drug-likeness (QED) is 0.481. The highest BCUT2D eigenvalue weighted by Crippen LogP contribution is 2.23. The van der Waals surface area contributed by atoms with E-state index >= 15 is 0 Å². The van der Waals surface area contributed by atoms with Crippen molar-refractivity contribution in [3.8, 4) is 5.75 Å². The number of hydrogen-bond acceptors (Lipinski definition) is 4. The Morgan fingerprint density at radius 2 is 1.59 bits per heavy atom. The van der Waals surface area contributed by atoms with Crippen LogP contribution in [0.25, 0.3) is 0 Å². The highest BCUT2D eigenvalue weighted by atomic mass is 32.2. The van der Waals surface area contributed by atoms with Gasteiger partial charge in [0.25, 0.3) is 0 Å². The number of ether oxygens (including phenoxy) is 1. The highest BCUT2D eigenvalue weighted by molar-refractivity contribution is 7.92. The molecule has 0 aromatic heterocycles. The zero-order valence-corrected chi connectivity index (χ0v) is 19.1. The standard InChI is InChI=1S/C25H28N2O4S/c1-20-9-6-7-12-24(20)27(32(2,29)30)18-8-13-25(28)26-22-14-16-23(17-15-22)31-19-21-10-4-3-5-11-21/h3-7,9-12,14-17H,8,13,18-19H2,1-2H3,(H,26,28). The first-order valence-corrected chi connectivity index (χ1v) is 12.3. The number of carbonyl (C=O) groups is 1. The van der Waals surface area contributed by atoms with Gasteiger partial charge in [-0.05, 0) is 54.8 Å². The predicted octanol–water partition coefficient (Wildman–Crippen LogP) is 4.76. The number of hydrogen-bond donors (Lipinski definition) is 1. The number of rotatable bonds is 10. The van der Waals surface area contributed by atoms with Gasteiger partial charge in [0.05, 0.1) is 11.9 Å². The molecule has 0 unspecified atom stereocenters. The van der Waals surface area contributed by atoms with Crippen molar-refractivity contribution in [2.75, 3.05) is 22.4 Å². The minimum Gasteiger partial charge on any atom is -0.489 e. The molecule has 168 valence electrons. The van der Waals surface area contributed by atoms with Crippen molar-refractivity contribution >= 4 is 27.3 Å². The summed E-state index contributed by atoms with van der Waals surface area (Å²) < 4.78 is 31.6. The van der Waals surface area contributed by atoms with Crippen LogP contribution in [0.2, 0.25) is 0 Å². The Bertz CT molecular complexity index is 1130. The topological polar surface area (TPSA) is 75.7 Å². The average Bonchev–Trinajstić information content (AvgIpc) is 2.77. The Labute approximate surface area is 189 Å². The van der Waals surface area contributed by atoms with E-state index in [1.165, 1.54) is 10.6 Å². The number of para-hydroxylation sites is 1. The summed E-state index contributed by atoms with van der Waals surface area (Å²) in [6, 6.07) is 24.4. The van der Waals surface area contributed by atoms with E-state index in [0.717, 1.165) is 11.1 Å². The molecule has 0 radical (unpaired) electrons. The molecule has 6 nitrogen and oxygen atoms in total. The lowest BCUT2D eigenvalue weighted by atomic mass is 10.2. The molecule has 3 aromatic rings. The summed E-state index contributed by atoms with van der Waals surface area (Å²) in [6.07, 6.45) is 1.80. The van der Waals surface area contributed by atoms with E-state index in [-0.39, 0.29) is 18.9 Å². The smallest absolute Gasteiger partial charge is 0.232 e. The van der Waals surface area contributed by atoms with Crippen LogP contribution >= 0.6 is 0 Å². The van der Waals surface area contributed by atoms with Gasteiger partial charge in [0.1, 0.15) is 12.4 Å². The first kappa shape index (κ1) is 23.3. The van der Waals surface area contributed by atoms with Crippen LogP contribution in [-0.4, -0.2) is 27.1 Å². The molecule has 0 saturated carbocycles. The molecule has 1 amide bonds. The van der Waals surface area contributed by atoms with E-state index in [1.807, 2.05) is 61.5 Å². The number of nitrogens with one attached hydrogen (secondary N) is 1. The van der Waals surface area contributed by atoms with Gasteiger partial charge < -0.3 is 10.1 Å². The lowest BCUT2D eigenvalue weighted by Crippen LogP contribution is -2.32. The van der Waals surface area contributed by atoms with Gasteiger partial charge in [0.15, 0.2) is 0 Å². The van der Waals surface area contributed by atoms with Crippen molar-refractivity contribution < 1.29 is 17.9 Å². The zero-order chi connectivity index (χ0) is 23.0. The average molecular weight is 453 g/mol. The van der Waals surface area contributed by atoms with Crippen molar-refractivity contribution in [3.05, 3.63) is 90.0 Å². The molecule has 0 heterocycles. The molecule has 0 aliphatic carbocycles. The maximum absolute atomic E-state index is 12.3. The van der Waals surface area contributed by atoms with Gasteiger partial charge in [-0.3, -0.25) is 9.10 Å². The monoisotopic (exact) mass is 452 g/mol. The number of benzene rings is 3. The van der Waals surface area contributed by atoms with Crippen molar-refractivity contribution in [1.82, 2.24) is 0 Å². The second kappa shape index (κ2) is 10.8. The third-order valence-corrected chi connectivity index (χ3v) is 6.12. The SMILES string of the molecule is Cc1ccccc1N(CCCC(=O)Nc1ccc(OCc2ccccc2)cc1)S(C)(=O)=O. The summed E-state index contributed by atoms with van der Waals surface area (Å²) >= 11 is 0. The Balaban J connectivity index is 1.49. The molecule has 32 heavy (non-hydrogen) atoms. The first-order chi connectivity index (χ1) is 15.3. The molecule has 0 bridgehead atoms. The van der Waals surface area contributed by atoms with E-state index in [9.17, 15) is 13.2 Å². The lowest BCUT2D eigenvalue weighted by Gasteiger charge is -2.24. The van der Waals surface area contributed by atoms with Crippen LogP contribution in [-0.2, 0) is 21.4 Å². The van der Waals surface area contributed by atoms with Gasteiger partial charge in [-0.25, -0.2) is 8.42 Å². The number of carbonyl (C=O) groups excluding carboxylic acids is 1. The van der Waals surface area contributed by atoms with Gasteiger partial charge in [-0.2, -0.15) is 0 Å². The molecule has 0 aliphatic heterocycles. The van der Waals surface area contributed by atoms with E-state index in [2.05, 4.69) is 5.32 Å². The fourth-order valence-electron chi connectivity index (χ4n) is 3.29. The lowest BCUT2D eigenvalue weighted by molar-refractivity contribution is -0.116. The highest BCUT2D eigenvalue weighted by Gasteiger charge is 2.19. The summed E-state index contributed by atoms with van der Waals surface area (Å²) in [4.78, 5) is 12.3. The van der Waals surface area contributed by atoms with Gasteiger partial charge in [0.2, 0.25) is 15.9 Å². The second-order valence-electron chi connectivity index (χ2n) is 7.57. The number of aryl methyl sites for hydroxylation is 1. The summed E-state index contributed by atoms with van der Waals surface area (Å²) in [5.41, 5.74) is 3.26. The van der Waals surface area contributed by atoms with Crippen LogP contribution in [0.5, 0.6) is 5.75 Å². The van der Waals surface area contributed by atoms with Crippen LogP contribution in [0.1, 0.15) is 24.0 Å². The maximum Gasteiger partial charge on any atom is 0.232 e. The Morgan fingerprint density at radius 3 is 2.25 bits per heavy atom. The van der Waals surface area contributed by atoms with Crippen molar-refractivity contribution in [1.29, 1.82) is 0 Å². The number of sulfonamides is 1. The second-order valence-corrected chi connectivity index (χ2v) is 9.48. The minimum atomic E-state index is -3.44. The van der Waals surface area contributed by atoms with Crippen molar-refractivity contribution in [2.24, 2.45) is 0 Å². The maximum atomic E-state index is 12.3. The van der Waals surface area contributed by atoms with Crippen molar-refractivity contribution in [2.45, 2.75) is 26.4 Å². The largest absolute Gasteiger partial charge is 0.489 e. The molecule has 0 atom stereocenters. The Morgan fingerprint density at radius 1 is 0.938 bits per heavy atom. The third kappa shape index (κ3) is 6.85. The van der Waals surface area contributed by atoms with Crippen LogP contribution in [0, 0.1) is 6.92 Å². The van der Waals surface area contributed by atoms with Gasteiger partial charge in [0, 0.05) is 18.7 Å². The molecule has 3 rings (SSSR count). The van der Waals surface area contributed by atoms with Crippen LogP contribution in [0.15, 0.2) is 78.9 Å². The molecule has 0 aliphatic rings. The van der Waals surface area contributed by atoms with E-state index in [0.29, 0.717) is 30.2 Å². The van der Waals surface area contributed by atoms with Crippen LogP contribution < -0.4 is 14.4 Å². The number of nitrogens with zero attached hydrogens (tertiary/aromatic N) is 1. The molecule has 0 spiro atoms. The molecular weight excluding hydrogens is 424 g/mol. The molecule has 7 heteroatoms. The normalized spacial score (nSPS) is 11.1. The Hall–Kier alpha value is -3.32.